The number of rotatable bonds is 4. The highest BCUT2D eigenvalue weighted by Crippen LogP contribution is 2.50. The molecule has 2 amide bonds. The fraction of sp³-hybridized carbons (Fsp3) is 0.500. The zero-order chi connectivity index (χ0) is 19.8. The van der Waals surface area contributed by atoms with Gasteiger partial charge in [0.05, 0.1) is 11.5 Å². The van der Waals surface area contributed by atoms with Crippen LogP contribution in [0.2, 0.25) is 0 Å². The van der Waals surface area contributed by atoms with Crippen molar-refractivity contribution in [2.24, 2.45) is 11.3 Å². The summed E-state index contributed by atoms with van der Waals surface area (Å²) in [6.07, 6.45) is 2.42. The van der Waals surface area contributed by atoms with E-state index in [4.69, 9.17) is 0 Å². The lowest BCUT2D eigenvalue weighted by Gasteiger charge is -2.61. The van der Waals surface area contributed by atoms with Crippen LogP contribution < -0.4 is 5.32 Å². The number of carbonyl (C=O) groups excluding carboxylic acids is 2. The van der Waals surface area contributed by atoms with Gasteiger partial charge in [0.1, 0.15) is 9.84 Å². The van der Waals surface area contributed by atoms with Gasteiger partial charge >= 0.3 is 0 Å². The first-order valence-corrected chi connectivity index (χ1v) is 11.0. The highest BCUT2D eigenvalue weighted by atomic mass is 32.2. The molecule has 6 nitrogen and oxygen atoms in total. The maximum atomic E-state index is 13.1. The van der Waals surface area contributed by atoms with Gasteiger partial charge in [-0.2, -0.15) is 0 Å². The minimum Gasteiger partial charge on any atom is -0.334 e. The van der Waals surface area contributed by atoms with E-state index in [0.29, 0.717) is 30.6 Å². The predicted octanol–water partition coefficient (Wildman–Crippen LogP) is 2.49. The molecule has 0 saturated carbocycles. The Hall–Kier alpha value is -2.15. The molecule has 7 heteroatoms. The maximum Gasteiger partial charge on any atom is 0.254 e. The minimum absolute atomic E-state index is 0.0342. The van der Waals surface area contributed by atoms with Crippen LogP contribution in [-0.2, 0) is 14.6 Å². The van der Waals surface area contributed by atoms with E-state index in [1.165, 1.54) is 6.08 Å². The van der Waals surface area contributed by atoms with Gasteiger partial charge in [-0.25, -0.2) is 8.42 Å². The van der Waals surface area contributed by atoms with Gasteiger partial charge in [0, 0.05) is 29.3 Å². The smallest absolute Gasteiger partial charge is 0.254 e. The third kappa shape index (κ3) is 3.78. The summed E-state index contributed by atoms with van der Waals surface area (Å²) >= 11 is 0. The molecule has 0 aromatic heterocycles. The van der Waals surface area contributed by atoms with E-state index in [0.717, 1.165) is 0 Å². The lowest BCUT2D eigenvalue weighted by Crippen LogP contribution is -2.69. The number of nitrogens with zero attached hydrogens (tertiary/aromatic N) is 1. The summed E-state index contributed by atoms with van der Waals surface area (Å²) in [5.74, 6) is 0.253. The summed E-state index contributed by atoms with van der Waals surface area (Å²) < 4.78 is 23.6. The minimum atomic E-state index is -2.94. The lowest BCUT2D eigenvalue weighted by molar-refractivity contribution is -0.111. The van der Waals surface area contributed by atoms with Gasteiger partial charge in [0.25, 0.3) is 5.91 Å². The van der Waals surface area contributed by atoms with Gasteiger partial charge in [-0.05, 0) is 43.0 Å². The molecular weight excluding hydrogens is 364 g/mol. The summed E-state index contributed by atoms with van der Waals surface area (Å²) in [6, 6.07) is 6.89. The molecule has 0 aliphatic carbocycles. The molecule has 146 valence electrons. The van der Waals surface area contributed by atoms with Gasteiger partial charge in [-0.1, -0.05) is 26.5 Å². The zero-order valence-corrected chi connectivity index (χ0v) is 16.6. The summed E-state index contributed by atoms with van der Waals surface area (Å²) in [5, 5.41) is 2.67. The molecule has 2 heterocycles. The number of hydrogen-bond donors (Lipinski definition) is 1. The molecule has 1 N–H and O–H groups in total. The van der Waals surface area contributed by atoms with Crippen LogP contribution in [0.15, 0.2) is 36.9 Å². The summed E-state index contributed by atoms with van der Waals surface area (Å²) in [6.45, 7) is 8.17. The van der Waals surface area contributed by atoms with Gasteiger partial charge in [0.2, 0.25) is 5.91 Å². The third-order valence-electron chi connectivity index (χ3n) is 5.73. The summed E-state index contributed by atoms with van der Waals surface area (Å²) in [7, 11) is -2.94. The second kappa shape index (κ2) is 7.11. The van der Waals surface area contributed by atoms with Crippen molar-refractivity contribution in [1.82, 2.24) is 4.90 Å². The fourth-order valence-electron chi connectivity index (χ4n) is 4.50. The SMILES string of the molecule is C=CC(=O)Nc1cccc(C(=O)N2CC3(CCS(=O)(=O)CC3)C2C(C)C)c1. The monoisotopic (exact) mass is 390 g/mol. The van der Waals surface area contributed by atoms with Crippen molar-refractivity contribution in [3.63, 3.8) is 0 Å². The molecule has 0 bridgehead atoms. The largest absolute Gasteiger partial charge is 0.334 e. The molecule has 27 heavy (non-hydrogen) atoms. The molecule has 1 aromatic carbocycles. The molecule has 0 radical (unpaired) electrons. The normalized spacial score (nSPS) is 22.9. The Bertz CT molecular complexity index is 862. The first-order valence-electron chi connectivity index (χ1n) is 9.22. The molecule has 1 atom stereocenters. The van der Waals surface area contributed by atoms with Crippen molar-refractivity contribution in [2.45, 2.75) is 32.7 Å². The summed E-state index contributed by atoms with van der Waals surface area (Å²) in [5.41, 5.74) is 0.968. The molecule has 3 rings (SSSR count). The Morgan fingerprint density at radius 3 is 2.56 bits per heavy atom. The van der Waals surface area contributed by atoms with E-state index in [1.54, 1.807) is 24.3 Å². The van der Waals surface area contributed by atoms with Crippen molar-refractivity contribution < 1.29 is 18.0 Å². The van der Waals surface area contributed by atoms with Crippen LogP contribution in [-0.4, -0.2) is 49.2 Å². The number of benzene rings is 1. The molecule has 2 saturated heterocycles. The van der Waals surface area contributed by atoms with Crippen LogP contribution in [0.1, 0.15) is 37.0 Å². The molecule has 2 aliphatic heterocycles. The molecular formula is C20H26N2O4S. The number of hydrogen-bond acceptors (Lipinski definition) is 4. The Morgan fingerprint density at radius 1 is 1.30 bits per heavy atom. The van der Waals surface area contributed by atoms with E-state index in [-0.39, 0.29) is 40.7 Å². The topological polar surface area (TPSA) is 83.6 Å². The van der Waals surface area contributed by atoms with E-state index in [9.17, 15) is 18.0 Å². The second-order valence-electron chi connectivity index (χ2n) is 7.91. The number of amides is 2. The Labute approximate surface area is 160 Å². The average molecular weight is 391 g/mol. The van der Waals surface area contributed by atoms with E-state index >= 15 is 0 Å². The standard InChI is InChI=1S/C20H26N2O4S/c1-4-17(23)21-16-7-5-6-15(12-16)19(24)22-13-20(18(22)14(2)3)8-10-27(25,26)11-9-20/h4-7,12,14,18H,1,8-11,13H2,2-3H3,(H,21,23). The second-order valence-corrected chi connectivity index (χ2v) is 10.2. The van der Waals surface area contributed by atoms with Crippen molar-refractivity contribution in [2.75, 3.05) is 23.4 Å². The lowest BCUT2D eigenvalue weighted by atomic mass is 9.63. The van der Waals surface area contributed by atoms with Crippen molar-refractivity contribution in [1.29, 1.82) is 0 Å². The highest BCUT2D eigenvalue weighted by molar-refractivity contribution is 7.91. The van der Waals surface area contributed by atoms with Crippen LogP contribution in [0.4, 0.5) is 5.69 Å². The van der Waals surface area contributed by atoms with Crippen LogP contribution in [0, 0.1) is 11.3 Å². The Kier molecular flexibility index (Phi) is 5.16. The molecule has 2 fully saturated rings. The van der Waals surface area contributed by atoms with Crippen LogP contribution in [0.5, 0.6) is 0 Å². The van der Waals surface area contributed by atoms with Crippen molar-refractivity contribution >= 4 is 27.3 Å². The Morgan fingerprint density at radius 2 is 1.96 bits per heavy atom. The number of anilines is 1. The Balaban J connectivity index is 1.78. The van der Waals surface area contributed by atoms with E-state index in [2.05, 4.69) is 25.7 Å². The molecule has 1 spiro atoms. The number of carbonyl (C=O) groups is 2. The number of likely N-dealkylation sites (tertiary alicyclic amines) is 1. The summed E-state index contributed by atoms with van der Waals surface area (Å²) in [4.78, 5) is 26.4. The zero-order valence-electron chi connectivity index (χ0n) is 15.8. The molecule has 1 aromatic rings. The maximum absolute atomic E-state index is 13.1. The average Bonchev–Trinajstić information content (AvgIpc) is 2.59. The van der Waals surface area contributed by atoms with Gasteiger partial charge in [0.15, 0.2) is 0 Å². The first-order chi connectivity index (χ1) is 12.7. The first kappa shape index (κ1) is 19.6. The third-order valence-corrected chi connectivity index (χ3v) is 7.38. The van der Waals surface area contributed by atoms with Crippen LogP contribution in [0.25, 0.3) is 0 Å². The highest BCUT2D eigenvalue weighted by Gasteiger charge is 2.56. The quantitative estimate of drug-likeness (QED) is 0.801. The van der Waals surface area contributed by atoms with E-state index < -0.39 is 9.84 Å². The van der Waals surface area contributed by atoms with Gasteiger partial charge in [-0.15, -0.1) is 0 Å². The van der Waals surface area contributed by atoms with Crippen molar-refractivity contribution in [3.05, 3.63) is 42.5 Å². The number of sulfone groups is 1. The number of nitrogens with one attached hydrogen (secondary N) is 1. The predicted molar refractivity (Wildman–Crippen MR) is 105 cm³/mol. The van der Waals surface area contributed by atoms with Crippen molar-refractivity contribution in [3.8, 4) is 0 Å². The van der Waals surface area contributed by atoms with Crippen LogP contribution in [0.3, 0.4) is 0 Å². The van der Waals surface area contributed by atoms with Gasteiger partial charge < -0.3 is 10.2 Å². The fourth-order valence-corrected chi connectivity index (χ4v) is 6.14. The molecule has 2 aliphatic rings. The molecule has 1 unspecified atom stereocenters. The van der Waals surface area contributed by atoms with E-state index in [1.807, 2.05) is 4.90 Å². The van der Waals surface area contributed by atoms with Gasteiger partial charge in [-0.3, -0.25) is 9.59 Å². The van der Waals surface area contributed by atoms with Crippen LogP contribution >= 0.6 is 0 Å².